The number of nitrogens with two attached hydrogens (primary N) is 4. The Morgan fingerprint density at radius 1 is 0.290 bits per heavy atom. The van der Waals surface area contributed by atoms with Gasteiger partial charge in [-0.15, -0.1) is 0 Å². The number of rotatable bonds is 4. The van der Waals surface area contributed by atoms with Gasteiger partial charge >= 0.3 is 43.2 Å². The van der Waals surface area contributed by atoms with Crippen LogP contribution in [0.4, 0.5) is 115 Å². The summed E-state index contributed by atoms with van der Waals surface area (Å²) >= 11 is 0. The lowest BCUT2D eigenvalue weighted by atomic mass is 9.86. The van der Waals surface area contributed by atoms with Crippen LogP contribution < -0.4 is 22.9 Å². The second kappa shape index (κ2) is 17.9. The highest BCUT2D eigenvalue weighted by Crippen LogP contribution is 2.52. The van der Waals surface area contributed by atoms with Gasteiger partial charge in [-0.1, -0.05) is 24.2 Å². The van der Waals surface area contributed by atoms with Gasteiger partial charge in [0.2, 0.25) is 0 Å². The Hall–Kier alpha value is -6.95. The molecule has 6 aromatic rings. The number of benzene rings is 6. The molecule has 0 aliphatic carbocycles. The summed E-state index contributed by atoms with van der Waals surface area (Å²) in [6.45, 7) is 1.36. The van der Waals surface area contributed by atoms with E-state index < -0.39 is 187 Å². The molecule has 0 spiro atoms. The zero-order valence-corrected chi connectivity index (χ0v) is 33.4. The van der Waals surface area contributed by atoms with E-state index in [0.717, 1.165) is 12.1 Å². The topological polar surface area (TPSA) is 104 Å². The molecular formula is C44H27F21N4. The molecule has 0 atom stereocenters. The second-order valence-corrected chi connectivity index (χ2v) is 14.1. The Morgan fingerprint density at radius 3 is 0.913 bits per heavy atom. The van der Waals surface area contributed by atoms with Gasteiger partial charge in [0.1, 0.15) is 0 Å². The minimum Gasteiger partial charge on any atom is -0.399 e. The zero-order chi connectivity index (χ0) is 59.3. The van der Waals surface area contributed by atoms with Gasteiger partial charge in [-0.3, -0.25) is 0 Å². The van der Waals surface area contributed by atoms with Crippen molar-refractivity contribution in [1.82, 2.24) is 0 Å². The van der Waals surface area contributed by atoms with Crippen molar-refractivity contribution in [3.63, 3.8) is 0 Å². The van der Waals surface area contributed by atoms with E-state index in [-0.39, 0.29) is 28.9 Å². The number of hydrogen-bond donors (Lipinski definition) is 4. The van der Waals surface area contributed by atoms with E-state index in [4.69, 9.17) is 33.9 Å². The summed E-state index contributed by atoms with van der Waals surface area (Å²) in [6, 6.07) is -10.7. The lowest BCUT2D eigenvalue weighted by Crippen LogP contribution is -2.16. The summed E-state index contributed by atoms with van der Waals surface area (Å²) in [5, 5.41) is 0. The van der Waals surface area contributed by atoms with Crippen LogP contribution >= 0.6 is 0 Å². The fraction of sp³-hybridized carbons (Fsp3) is 0.182. The van der Waals surface area contributed by atoms with Gasteiger partial charge in [0.15, 0.2) is 0 Å². The average molecular weight is 1020 g/mol. The third kappa shape index (κ3) is 11.7. The van der Waals surface area contributed by atoms with Gasteiger partial charge in [0.05, 0.1) is 49.9 Å². The Kier molecular flexibility index (Phi) is 10.9. The molecule has 370 valence electrons. The smallest absolute Gasteiger partial charge is 0.399 e. The molecule has 8 N–H and O–H groups in total. The molecule has 0 unspecified atom stereocenters. The number of halogens is 21. The van der Waals surface area contributed by atoms with E-state index in [1.165, 1.54) is 19.1 Å². The van der Waals surface area contributed by atoms with Crippen LogP contribution in [0.1, 0.15) is 55.5 Å². The van der Waals surface area contributed by atoms with Crippen molar-refractivity contribution in [2.45, 2.75) is 50.2 Å². The molecule has 69 heavy (non-hydrogen) atoms. The van der Waals surface area contributed by atoms with Crippen LogP contribution in [0.2, 0.25) is 0 Å². The van der Waals surface area contributed by atoms with Crippen LogP contribution in [0, 0.1) is 6.92 Å². The van der Waals surface area contributed by atoms with E-state index in [9.17, 15) is 92.2 Å². The molecule has 0 aromatic heterocycles. The third-order valence-corrected chi connectivity index (χ3v) is 9.25. The van der Waals surface area contributed by atoms with Crippen molar-refractivity contribution in [3.05, 3.63) is 141 Å². The average Bonchev–Trinajstić information content (AvgIpc) is 3.25. The molecule has 0 bridgehead atoms. The number of nitrogen functional groups attached to an aromatic ring is 4. The Bertz CT molecular complexity index is 3230. The van der Waals surface area contributed by atoms with Crippen molar-refractivity contribution >= 4 is 22.7 Å². The van der Waals surface area contributed by atoms with E-state index in [0.29, 0.717) is 12.1 Å². The van der Waals surface area contributed by atoms with Crippen LogP contribution in [-0.2, 0) is 43.2 Å². The summed E-state index contributed by atoms with van der Waals surface area (Å²) in [6.07, 6.45) is -40.2. The summed E-state index contributed by atoms with van der Waals surface area (Å²) in [4.78, 5) is 0. The second-order valence-electron chi connectivity index (χ2n) is 14.1. The summed E-state index contributed by atoms with van der Waals surface area (Å²) < 4.78 is 358. The molecule has 0 saturated heterocycles. The van der Waals surface area contributed by atoms with Crippen molar-refractivity contribution in [2.75, 3.05) is 22.9 Å². The highest BCUT2D eigenvalue weighted by molar-refractivity contribution is 5.83. The van der Waals surface area contributed by atoms with Gasteiger partial charge in [-0.2, -0.15) is 92.2 Å². The molecule has 4 nitrogen and oxygen atoms in total. The van der Waals surface area contributed by atoms with Gasteiger partial charge in [-0.25, -0.2) is 0 Å². The van der Waals surface area contributed by atoms with Crippen LogP contribution in [-0.4, -0.2) is 0 Å². The molecule has 6 rings (SSSR count). The van der Waals surface area contributed by atoms with E-state index in [1.807, 2.05) is 0 Å². The van der Waals surface area contributed by atoms with Gasteiger partial charge in [0, 0.05) is 22.7 Å². The molecule has 6 aromatic carbocycles. The molecule has 0 aliphatic rings. The van der Waals surface area contributed by atoms with Crippen LogP contribution in [0.5, 0.6) is 0 Å². The fourth-order valence-corrected chi connectivity index (χ4v) is 6.48. The summed E-state index contributed by atoms with van der Waals surface area (Å²) in [5.74, 6) is 0. The highest BCUT2D eigenvalue weighted by atomic mass is 19.4. The molecule has 0 radical (unpaired) electrons. The summed E-state index contributed by atoms with van der Waals surface area (Å²) in [7, 11) is 0. The van der Waals surface area contributed by atoms with E-state index in [1.54, 1.807) is 0 Å². The quantitative estimate of drug-likeness (QED) is 0.104. The maximum Gasteiger partial charge on any atom is 0.417 e. The molecule has 0 heterocycles. The molecule has 0 amide bonds. The normalized spacial score (nSPS) is 14.6. The van der Waals surface area contributed by atoms with Crippen molar-refractivity contribution < 1.29 is 103 Å². The number of aryl methyl sites for hydroxylation is 1. The minimum atomic E-state index is -6.29. The van der Waals surface area contributed by atoms with Gasteiger partial charge < -0.3 is 22.9 Å². The molecule has 0 saturated carbocycles. The predicted molar refractivity (Wildman–Crippen MR) is 212 cm³/mol. The van der Waals surface area contributed by atoms with Gasteiger partial charge in [0.25, 0.3) is 0 Å². The van der Waals surface area contributed by atoms with Crippen LogP contribution in [0.15, 0.2) is 96.9 Å². The first-order chi connectivity index (χ1) is 34.6. The predicted octanol–water partition coefficient (Wildman–Crippen LogP) is 15.8. The minimum absolute atomic E-state index is 0.0920. The molecule has 0 aliphatic heterocycles. The molecule has 0 fully saturated rings. The number of hydrogen-bond acceptors (Lipinski definition) is 4. The van der Waals surface area contributed by atoms with E-state index >= 15 is 0 Å². The SMILES string of the molecule is Cc1cc(N)ccc1-c1cc(C(F)(F)F)c(-c2ccc(N)cc2C(F)(F)F)cc1C(F)(F)F.[2H]c1c([2H])c(-c2c([2H])c(C(F)(F)F)c(-c3c([2H])c([2H])c(N)c([2H])c3C(F)(F)F)c([2H])c2C(F)(F)F)c(C(F)(F)F)c([2H])c1N. The summed E-state index contributed by atoms with van der Waals surface area (Å²) in [5.41, 5.74) is -10.7. The van der Waals surface area contributed by atoms with Crippen molar-refractivity contribution in [2.24, 2.45) is 0 Å². The lowest BCUT2D eigenvalue weighted by Gasteiger charge is -2.23. The first-order valence-corrected chi connectivity index (χ1v) is 18.0. The number of anilines is 4. The van der Waals surface area contributed by atoms with Gasteiger partial charge in [-0.05, 0) is 130 Å². The standard InChI is InChI=1S/C22H12F12N2.C22H15F9N2/c23-19(24,25)15-5-9(35)1-3-11(15)13-7-18(22(32,33)34)14(8-17(13)21(29,30)31)12-4-2-10(36)6-16(12)20(26,27)28;1-10-6-11(32)2-4-13(10)15-8-19(22(29,30)31)16(9-18(15)21(26,27)28)14-5-3-12(33)7-17(14)20(23,24)25/h1-8H,35-36H2;2-9H,32-33H2,1H3/i1D,2D,3D,4D,5D,6D,7D,8D;. The van der Waals surface area contributed by atoms with Crippen molar-refractivity contribution in [1.29, 1.82) is 0 Å². The Morgan fingerprint density at radius 2 is 0.580 bits per heavy atom. The fourth-order valence-electron chi connectivity index (χ4n) is 6.48. The Balaban J connectivity index is 0.000000296. The number of alkyl halides is 21. The Labute approximate surface area is 385 Å². The monoisotopic (exact) mass is 1020 g/mol. The van der Waals surface area contributed by atoms with Crippen LogP contribution in [0.3, 0.4) is 0 Å². The lowest BCUT2D eigenvalue weighted by molar-refractivity contribution is -0.141. The molecular weight excluding hydrogens is 983 g/mol. The van der Waals surface area contributed by atoms with E-state index in [2.05, 4.69) is 0 Å². The zero-order valence-electron chi connectivity index (χ0n) is 41.4. The maximum atomic E-state index is 14.5. The van der Waals surface area contributed by atoms with Crippen molar-refractivity contribution in [3.8, 4) is 44.5 Å². The largest absolute Gasteiger partial charge is 0.417 e. The maximum absolute atomic E-state index is 14.5. The van der Waals surface area contributed by atoms with Crippen LogP contribution in [0.25, 0.3) is 44.5 Å². The molecule has 25 heteroatoms. The third-order valence-electron chi connectivity index (χ3n) is 9.25. The first kappa shape index (κ1) is 42.2. The highest BCUT2D eigenvalue weighted by Gasteiger charge is 2.45. The first-order valence-electron chi connectivity index (χ1n) is 22.0.